The molecule has 0 unspecified atom stereocenters. The summed E-state index contributed by atoms with van der Waals surface area (Å²) >= 11 is 0.512. The van der Waals surface area contributed by atoms with Gasteiger partial charge in [0.2, 0.25) is 0 Å². The van der Waals surface area contributed by atoms with E-state index < -0.39 is 6.16 Å². The van der Waals surface area contributed by atoms with E-state index in [4.69, 9.17) is 10.7 Å². The Morgan fingerprint density at radius 2 is 2.56 bits per heavy atom. The van der Waals surface area contributed by atoms with Crippen LogP contribution in [-0.2, 0) is 0 Å². The average molecular weight is 170 g/mol. The van der Waals surface area contributed by atoms with Crippen molar-refractivity contribution in [3.63, 3.8) is 0 Å². The summed E-state index contributed by atoms with van der Waals surface area (Å²) in [6.45, 7) is 3.41. The predicted molar refractivity (Wildman–Crippen MR) is 36.9 cm³/mol. The second kappa shape index (κ2) is 4.64. The van der Waals surface area contributed by atoms with Crippen LogP contribution in [0.25, 0.3) is 0 Å². The number of amides is 1. The second-order valence-electron chi connectivity index (χ2n) is 1.17. The highest BCUT2D eigenvalue weighted by atomic mass is 35.7. The zero-order valence-electron chi connectivity index (χ0n) is 4.51. The molecule has 0 aliphatic rings. The first-order valence-corrected chi connectivity index (χ1v) is 3.69. The maximum absolute atomic E-state index is 11.7. The Labute approximate surface area is 61.3 Å². The van der Waals surface area contributed by atoms with E-state index in [0.717, 1.165) is 4.31 Å². The standard InChI is InChI=1S/C4H5ClFNOS/c1-2-3-7(9-5)4(6)8/h2H,1,3H2. The van der Waals surface area contributed by atoms with Crippen LogP contribution in [-0.4, -0.2) is 17.0 Å². The van der Waals surface area contributed by atoms with Crippen LogP contribution in [0.4, 0.5) is 9.18 Å². The van der Waals surface area contributed by atoms with Crippen molar-refractivity contribution in [1.82, 2.24) is 4.31 Å². The molecule has 0 atom stereocenters. The summed E-state index contributed by atoms with van der Waals surface area (Å²) in [7, 11) is 5.08. The molecule has 0 rings (SSSR count). The van der Waals surface area contributed by atoms with E-state index in [1.165, 1.54) is 6.08 Å². The summed E-state index contributed by atoms with van der Waals surface area (Å²) < 4.78 is 12.4. The number of nitrogens with zero attached hydrogens (tertiary/aromatic N) is 1. The molecule has 0 aromatic carbocycles. The van der Waals surface area contributed by atoms with Gasteiger partial charge in [-0.1, -0.05) is 6.08 Å². The van der Waals surface area contributed by atoms with E-state index in [9.17, 15) is 9.18 Å². The summed E-state index contributed by atoms with van der Waals surface area (Å²) in [5.74, 6) is 0. The van der Waals surface area contributed by atoms with Crippen LogP contribution < -0.4 is 0 Å². The molecule has 9 heavy (non-hydrogen) atoms. The molecule has 0 saturated carbocycles. The SMILES string of the molecule is C=CCN(SCl)C(=O)F. The number of halogens is 2. The Hall–Kier alpha value is -0.220. The summed E-state index contributed by atoms with van der Waals surface area (Å²) in [4.78, 5) is 9.87. The Kier molecular flexibility index (Phi) is 4.53. The van der Waals surface area contributed by atoms with Gasteiger partial charge in [-0.25, -0.2) is 9.10 Å². The Morgan fingerprint density at radius 1 is 2.00 bits per heavy atom. The fourth-order valence-electron chi connectivity index (χ4n) is 0.244. The molecule has 0 N–H and O–H groups in total. The Balaban J connectivity index is 3.67. The minimum absolute atomic E-state index is 0.115. The molecule has 0 heterocycles. The minimum atomic E-state index is -1.56. The third-order valence-corrected chi connectivity index (χ3v) is 1.53. The molecule has 52 valence electrons. The van der Waals surface area contributed by atoms with Crippen molar-refractivity contribution in [2.75, 3.05) is 6.54 Å². The van der Waals surface area contributed by atoms with Gasteiger partial charge in [-0.15, -0.1) is 11.0 Å². The summed E-state index contributed by atoms with van der Waals surface area (Å²) in [6, 6.07) is 0. The summed E-state index contributed by atoms with van der Waals surface area (Å²) in [6.07, 6.45) is -0.178. The molecule has 0 aromatic rings. The van der Waals surface area contributed by atoms with Crippen LogP contribution in [0.2, 0.25) is 0 Å². The van der Waals surface area contributed by atoms with Crippen molar-refractivity contribution >= 4 is 28.0 Å². The van der Waals surface area contributed by atoms with Gasteiger partial charge in [0.1, 0.15) is 0 Å². The predicted octanol–water partition coefficient (Wildman–Crippen LogP) is 2.37. The lowest BCUT2D eigenvalue weighted by Gasteiger charge is -2.07. The van der Waals surface area contributed by atoms with E-state index in [-0.39, 0.29) is 6.54 Å². The maximum atomic E-state index is 11.7. The highest BCUT2D eigenvalue weighted by molar-refractivity contribution is 8.19. The first kappa shape index (κ1) is 8.78. The fourth-order valence-corrected chi connectivity index (χ4v) is 0.792. The van der Waals surface area contributed by atoms with Crippen molar-refractivity contribution in [2.45, 2.75) is 0 Å². The number of carbonyl (C=O) groups excluding carboxylic acids is 1. The van der Waals surface area contributed by atoms with Crippen LogP contribution in [0.3, 0.4) is 0 Å². The Bertz CT molecular complexity index is 121. The zero-order chi connectivity index (χ0) is 7.28. The van der Waals surface area contributed by atoms with E-state index in [0.29, 0.717) is 11.2 Å². The van der Waals surface area contributed by atoms with Crippen molar-refractivity contribution in [2.24, 2.45) is 0 Å². The van der Waals surface area contributed by atoms with Gasteiger partial charge >= 0.3 is 6.16 Å². The van der Waals surface area contributed by atoms with E-state index >= 15 is 0 Å². The van der Waals surface area contributed by atoms with Crippen molar-refractivity contribution < 1.29 is 9.18 Å². The largest absolute Gasteiger partial charge is 0.411 e. The van der Waals surface area contributed by atoms with Gasteiger partial charge in [-0.05, 0) is 10.7 Å². The molecule has 1 amide bonds. The molecule has 2 nitrogen and oxygen atoms in total. The molecule has 0 aromatic heterocycles. The highest BCUT2D eigenvalue weighted by Gasteiger charge is 2.08. The second-order valence-corrected chi connectivity index (χ2v) is 2.16. The molecule has 0 radical (unpaired) electrons. The molecule has 0 saturated heterocycles. The first-order valence-electron chi connectivity index (χ1n) is 2.09. The van der Waals surface area contributed by atoms with Gasteiger partial charge in [0, 0.05) is 0 Å². The lowest BCUT2D eigenvalue weighted by molar-refractivity contribution is 0.207. The van der Waals surface area contributed by atoms with Crippen molar-refractivity contribution in [3.05, 3.63) is 12.7 Å². The average Bonchev–Trinajstić information content (AvgIpc) is 1.82. The van der Waals surface area contributed by atoms with E-state index in [1.807, 2.05) is 0 Å². The van der Waals surface area contributed by atoms with Gasteiger partial charge in [-0.2, -0.15) is 0 Å². The van der Waals surface area contributed by atoms with E-state index in [2.05, 4.69) is 6.58 Å². The minimum Gasteiger partial charge on any atom is -0.241 e. The topological polar surface area (TPSA) is 20.3 Å². The van der Waals surface area contributed by atoms with Crippen LogP contribution in [0.15, 0.2) is 12.7 Å². The van der Waals surface area contributed by atoms with Crippen LogP contribution >= 0.6 is 21.8 Å². The quantitative estimate of drug-likeness (QED) is 0.280. The third-order valence-electron chi connectivity index (χ3n) is 0.574. The summed E-state index contributed by atoms with van der Waals surface area (Å²) in [5.41, 5.74) is 0. The molecule has 5 heteroatoms. The highest BCUT2D eigenvalue weighted by Crippen LogP contribution is 2.14. The van der Waals surface area contributed by atoms with E-state index in [1.54, 1.807) is 0 Å². The number of carbonyl (C=O) groups is 1. The van der Waals surface area contributed by atoms with Crippen molar-refractivity contribution in [1.29, 1.82) is 0 Å². The summed E-state index contributed by atoms with van der Waals surface area (Å²) in [5, 5.41) is 0. The van der Waals surface area contributed by atoms with Crippen LogP contribution in [0, 0.1) is 0 Å². The van der Waals surface area contributed by atoms with Gasteiger partial charge in [0.05, 0.1) is 17.7 Å². The molecule has 0 fully saturated rings. The number of hydrogen-bond donors (Lipinski definition) is 0. The molecule has 0 bridgehead atoms. The molecular weight excluding hydrogens is 165 g/mol. The normalized spacial score (nSPS) is 8.67. The monoisotopic (exact) mass is 169 g/mol. The number of rotatable bonds is 3. The number of hydrogen-bond acceptors (Lipinski definition) is 2. The van der Waals surface area contributed by atoms with Gasteiger partial charge in [0.15, 0.2) is 0 Å². The fraction of sp³-hybridized carbons (Fsp3) is 0.250. The van der Waals surface area contributed by atoms with Crippen molar-refractivity contribution in [3.8, 4) is 0 Å². The molecule has 0 aliphatic carbocycles. The third kappa shape index (κ3) is 3.37. The lowest BCUT2D eigenvalue weighted by atomic mass is 10.6. The molecular formula is C4H5ClFNOS. The zero-order valence-corrected chi connectivity index (χ0v) is 6.08. The molecule has 0 spiro atoms. The first-order chi connectivity index (χ1) is 4.22. The van der Waals surface area contributed by atoms with Crippen LogP contribution in [0.5, 0.6) is 0 Å². The van der Waals surface area contributed by atoms with Gasteiger partial charge in [0.25, 0.3) is 0 Å². The molecule has 0 aliphatic heterocycles. The maximum Gasteiger partial charge on any atom is 0.411 e. The smallest absolute Gasteiger partial charge is 0.241 e. The van der Waals surface area contributed by atoms with Gasteiger partial charge < -0.3 is 0 Å². The van der Waals surface area contributed by atoms with Gasteiger partial charge in [-0.3, -0.25) is 0 Å². The lowest BCUT2D eigenvalue weighted by Crippen LogP contribution is -2.16. The Morgan fingerprint density at radius 3 is 2.67 bits per heavy atom. The van der Waals surface area contributed by atoms with Crippen LogP contribution in [0.1, 0.15) is 0 Å².